The monoisotopic (exact) mass is 714 g/mol. The van der Waals surface area contributed by atoms with Gasteiger partial charge in [0, 0.05) is 42.5 Å². The number of hydrogen-bond acceptors (Lipinski definition) is 7. The molecule has 0 radical (unpaired) electrons. The van der Waals surface area contributed by atoms with Crippen LogP contribution in [0.2, 0.25) is 5.02 Å². The Bertz CT molecular complexity index is 1620. The van der Waals surface area contributed by atoms with E-state index >= 15 is 4.39 Å². The summed E-state index contributed by atoms with van der Waals surface area (Å²) in [4.78, 5) is 58.1. The van der Waals surface area contributed by atoms with Gasteiger partial charge in [-0.3, -0.25) is 24.1 Å². The summed E-state index contributed by atoms with van der Waals surface area (Å²) in [6.45, 7) is 1.42. The van der Waals surface area contributed by atoms with Gasteiger partial charge in [0.05, 0.1) is 53.4 Å². The van der Waals surface area contributed by atoms with Crippen LogP contribution < -0.4 is 5.32 Å². The van der Waals surface area contributed by atoms with Crippen LogP contribution in [0.4, 0.5) is 10.1 Å². The van der Waals surface area contributed by atoms with Gasteiger partial charge in [-0.1, -0.05) is 23.8 Å². The van der Waals surface area contributed by atoms with Crippen molar-refractivity contribution in [2.75, 3.05) is 39.1 Å². The van der Waals surface area contributed by atoms with E-state index in [2.05, 4.69) is 10.2 Å². The van der Waals surface area contributed by atoms with Crippen molar-refractivity contribution in [2.45, 2.75) is 88.4 Å². The van der Waals surface area contributed by atoms with E-state index in [0.29, 0.717) is 44.2 Å². The van der Waals surface area contributed by atoms with Crippen molar-refractivity contribution in [3.05, 3.63) is 56.0 Å². The molecule has 3 atom stereocenters. The number of thiophene rings is 1. The zero-order valence-corrected chi connectivity index (χ0v) is 29.5. The number of anilines is 1. The van der Waals surface area contributed by atoms with Gasteiger partial charge in [-0.15, -0.1) is 11.3 Å². The topological polar surface area (TPSA) is 119 Å². The van der Waals surface area contributed by atoms with E-state index in [9.17, 15) is 24.3 Å². The largest absolute Gasteiger partial charge is 0.481 e. The van der Waals surface area contributed by atoms with E-state index < -0.39 is 11.8 Å². The molecule has 2 saturated heterocycles. The number of aliphatic carboxylic acids is 1. The smallest absolute Gasteiger partial charge is 0.306 e. The lowest BCUT2D eigenvalue weighted by Crippen LogP contribution is -2.48. The molecule has 0 unspecified atom stereocenters. The first-order valence-corrected chi connectivity index (χ1v) is 18.4. The number of aryl methyl sites for hydroxylation is 1. The van der Waals surface area contributed by atoms with E-state index in [0.717, 1.165) is 42.7 Å². The molecule has 6 rings (SSSR count). The molecule has 13 heteroatoms. The second-order valence-electron chi connectivity index (χ2n) is 13.8. The molecule has 0 bridgehead atoms. The summed E-state index contributed by atoms with van der Waals surface area (Å²) in [5.41, 5.74) is 1.66. The average Bonchev–Trinajstić information content (AvgIpc) is 3.84. The molecule has 10 nitrogen and oxygen atoms in total. The standard InChI is InChI=1S/C36H44ClFN4O6S/c1-40(2)35(45)31-7-5-13-41(31)23-16-24(19-48-25-11-9-21(10-12-25)36(46)47)42(18-23)33(43)15-22-14-28(37)30(17-29(22)38)39-34(44)27-20-49-32-8-4-3-6-26(27)32/h3,6,14,17,20-21,23-25,31H,4-5,7-13,15-16,18-19H2,1-2H3,(H,39,44)(H,46,47)/t21?,23-,24-,25?,31-/m0/s1. The molecule has 2 N–H and O–H groups in total. The Morgan fingerprint density at radius 2 is 1.92 bits per heavy atom. The molecule has 1 aromatic heterocycles. The first-order chi connectivity index (χ1) is 23.5. The fourth-order valence-corrected chi connectivity index (χ4v) is 9.03. The van der Waals surface area contributed by atoms with Crippen LogP contribution in [0.5, 0.6) is 0 Å². The number of fused-ring (bicyclic) bond motifs is 1. The van der Waals surface area contributed by atoms with E-state index in [4.69, 9.17) is 16.3 Å². The molecule has 3 heterocycles. The highest BCUT2D eigenvalue weighted by atomic mass is 35.5. The predicted molar refractivity (Wildman–Crippen MR) is 186 cm³/mol. The lowest BCUT2D eigenvalue weighted by Gasteiger charge is -2.31. The number of rotatable bonds is 10. The minimum Gasteiger partial charge on any atom is -0.481 e. The number of likely N-dealkylation sites (N-methyl/N-ethyl adjacent to an activating group) is 1. The molecule has 1 saturated carbocycles. The van der Waals surface area contributed by atoms with Crippen LogP contribution in [0, 0.1) is 11.7 Å². The number of ether oxygens (including phenoxy) is 1. The number of carboxylic acids is 1. The van der Waals surface area contributed by atoms with Crippen LogP contribution in [0.25, 0.3) is 6.08 Å². The van der Waals surface area contributed by atoms with E-state index in [1.165, 1.54) is 23.5 Å². The third-order valence-electron chi connectivity index (χ3n) is 10.5. The van der Waals surface area contributed by atoms with Crippen LogP contribution in [-0.2, 0) is 32.0 Å². The highest BCUT2D eigenvalue weighted by Crippen LogP contribution is 2.34. The number of benzene rings is 1. The average molecular weight is 715 g/mol. The Hall–Kier alpha value is -3.32. The Balaban J connectivity index is 1.15. The number of nitrogens with one attached hydrogen (secondary N) is 1. The summed E-state index contributed by atoms with van der Waals surface area (Å²) < 4.78 is 21.8. The van der Waals surface area contributed by atoms with Gasteiger partial charge in [0.15, 0.2) is 0 Å². The van der Waals surface area contributed by atoms with Gasteiger partial charge in [0.2, 0.25) is 11.8 Å². The van der Waals surface area contributed by atoms with Crippen molar-refractivity contribution in [3.63, 3.8) is 0 Å². The number of nitrogens with zero attached hydrogens (tertiary/aromatic N) is 3. The van der Waals surface area contributed by atoms with Gasteiger partial charge in [0.1, 0.15) is 5.82 Å². The SMILES string of the molecule is CN(C)C(=O)[C@@H]1CCCN1[C@H]1C[C@@H](COC2CCC(C(=O)O)CC2)N(C(=O)Cc2cc(Cl)c(NC(=O)c3csc4c3C=CCC4)cc2F)C1. The van der Waals surface area contributed by atoms with Gasteiger partial charge in [0.25, 0.3) is 5.91 Å². The quantitative estimate of drug-likeness (QED) is 0.335. The number of carboxylic acid groups (broad SMARTS) is 1. The Morgan fingerprint density at radius 1 is 1.14 bits per heavy atom. The molecule has 0 spiro atoms. The van der Waals surface area contributed by atoms with Gasteiger partial charge >= 0.3 is 5.97 Å². The second-order valence-corrected chi connectivity index (χ2v) is 15.2. The number of carbonyl (C=O) groups excluding carboxylic acids is 3. The maximum absolute atomic E-state index is 15.6. The van der Waals surface area contributed by atoms with Crippen molar-refractivity contribution in [2.24, 2.45) is 5.92 Å². The number of likely N-dealkylation sites (tertiary alicyclic amines) is 2. The lowest BCUT2D eigenvalue weighted by molar-refractivity contribution is -0.144. The van der Waals surface area contributed by atoms with Gasteiger partial charge < -0.3 is 25.0 Å². The van der Waals surface area contributed by atoms with Crippen LogP contribution in [-0.4, -0.2) is 102 Å². The maximum Gasteiger partial charge on any atom is 0.306 e. The predicted octanol–water partition coefficient (Wildman–Crippen LogP) is 5.48. The second kappa shape index (κ2) is 15.3. The molecule has 3 amide bonds. The Labute approximate surface area is 295 Å². The molecule has 49 heavy (non-hydrogen) atoms. The molecule has 4 aliphatic rings. The number of allylic oxidation sites excluding steroid dienone is 1. The molecule has 1 aromatic carbocycles. The van der Waals surface area contributed by atoms with Gasteiger partial charge in [-0.25, -0.2) is 4.39 Å². The number of amides is 3. The molecular weight excluding hydrogens is 671 g/mol. The van der Waals surface area contributed by atoms with Crippen LogP contribution in [0.3, 0.4) is 0 Å². The van der Waals surface area contributed by atoms with Gasteiger partial charge in [-0.05, 0) is 82.0 Å². The fraction of sp³-hybridized carbons (Fsp3) is 0.556. The number of halogens is 2. The summed E-state index contributed by atoms with van der Waals surface area (Å²) >= 11 is 8.08. The maximum atomic E-state index is 15.6. The fourth-order valence-electron chi connectivity index (χ4n) is 7.76. The van der Waals surface area contributed by atoms with Gasteiger partial charge in [-0.2, -0.15) is 0 Å². The first kappa shape index (κ1) is 35.5. The summed E-state index contributed by atoms with van der Waals surface area (Å²) in [7, 11) is 3.50. The Kier molecular flexibility index (Phi) is 11.1. The molecule has 264 valence electrons. The molecule has 2 aromatic rings. The van der Waals surface area contributed by atoms with Crippen LogP contribution in [0.15, 0.2) is 23.6 Å². The van der Waals surface area contributed by atoms with Crippen LogP contribution in [0.1, 0.15) is 77.7 Å². The third kappa shape index (κ3) is 7.87. The van der Waals surface area contributed by atoms with Crippen molar-refractivity contribution < 1.29 is 33.4 Å². The summed E-state index contributed by atoms with van der Waals surface area (Å²) in [6.07, 6.45) is 10.1. The number of carbonyl (C=O) groups is 4. The molecule has 2 aliphatic carbocycles. The normalized spacial score (nSPS) is 25.3. The Morgan fingerprint density at radius 3 is 2.65 bits per heavy atom. The van der Waals surface area contributed by atoms with E-state index in [-0.39, 0.29) is 77.2 Å². The lowest BCUT2D eigenvalue weighted by atomic mass is 9.87. The molecule has 3 fully saturated rings. The van der Waals surface area contributed by atoms with Crippen molar-refractivity contribution in [1.29, 1.82) is 0 Å². The summed E-state index contributed by atoms with van der Waals surface area (Å²) in [6, 6.07) is 1.98. The van der Waals surface area contributed by atoms with E-state index in [1.807, 2.05) is 12.2 Å². The van der Waals surface area contributed by atoms with Crippen molar-refractivity contribution >= 4 is 58.4 Å². The zero-order chi connectivity index (χ0) is 34.8. The minimum absolute atomic E-state index is 0.0458. The van der Waals surface area contributed by atoms with Crippen molar-refractivity contribution in [1.82, 2.24) is 14.7 Å². The van der Waals surface area contributed by atoms with Crippen molar-refractivity contribution in [3.8, 4) is 0 Å². The van der Waals surface area contributed by atoms with E-state index in [1.54, 1.807) is 29.3 Å². The highest BCUT2D eigenvalue weighted by Gasteiger charge is 2.44. The first-order valence-electron chi connectivity index (χ1n) is 17.2. The number of hydrogen-bond donors (Lipinski definition) is 2. The highest BCUT2D eigenvalue weighted by molar-refractivity contribution is 7.10. The molecule has 2 aliphatic heterocycles. The third-order valence-corrected chi connectivity index (χ3v) is 11.8. The van der Waals surface area contributed by atoms with Crippen LogP contribution >= 0.6 is 22.9 Å². The molecular formula is C36H44ClFN4O6S. The zero-order valence-electron chi connectivity index (χ0n) is 28.0. The summed E-state index contributed by atoms with van der Waals surface area (Å²) in [5, 5.41) is 14.0. The summed E-state index contributed by atoms with van der Waals surface area (Å²) in [5.74, 6) is -2.37. The minimum atomic E-state index is -0.775.